The summed E-state index contributed by atoms with van der Waals surface area (Å²) in [6, 6.07) is 0. The van der Waals surface area contributed by atoms with Crippen LogP contribution < -0.4 is 5.56 Å². The second-order valence-electron chi connectivity index (χ2n) is 2.66. The first-order valence-electron chi connectivity index (χ1n) is 4.01. The van der Waals surface area contributed by atoms with Gasteiger partial charge in [0.05, 0.1) is 17.6 Å². The van der Waals surface area contributed by atoms with E-state index in [1.165, 1.54) is 10.9 Å². The first-order valence-corrected chi connectivity index (χ1v) is 4.01. The van der Waals surface area contributed by atoms with Crippen LogP contribution >= 0.6 is 0 Å². The molecule has 0 saturated heterocycles. The highest BCUT2D eigenvalue weighted by molar-refractivity contribution is 5.60. The number of nitrogens with zero attached hydrogens (tertiary/aromatic N) is 2. The third kappa shape index (κ3) is 1.75. The van der Waals surface area contributed by atoms with Crippen molar-refractivity contribution in [1.82, 2.24) is 9.55 Å². The lowest BCUT2D eigenvalue weighted by Crippen LogP contribution is -2.20. The number of hydrogen-bond donors (Lipinski definition) is 0. The maximum Gasteiger partial charge on any atom is 0.260 e. The maximum absolute atomic E-state index is 11.6. The van der Waals surface area contributed by atoms with E-state index in [2.05, 4.69) is 11.6 Å². The highest BCUT2D eigenvalue weighted by Crippen LogP contribution is 2.03. The molecule has 0 atom stereocenters. The fourth-order valence-corrected chi connectivity index (χ4v) is 1.06. The molecule has 0 bridgehead atoms. The first kappa shape index (κ1) is 9.45. The molecule has 0 aliphatic rings. The van der Waals surface area contributed by atoms with Gasteiger partial charge in [0.1, 0.15) is 0 Å². The Kier molecular flexibility index (Phi) is 2.80. The molecule has 0 spiro atoms. The van der Waals surface area contributed by atoms with Gasteiger partial charge in [0.2, 0.25) is 0 Å². The minimum absolute atomic E-state index is 0.0528. The highest BCUT2D eigenvalue weighted by Gasteiger charge is 2.03. The second-order valence-corrected chi connectivity index (χ2v) is 2.66. The number of aryl methyl sites for hydroxylation is 1. The molecule has 0 aromatic carbocycles. The van der Waals surface area contributed by atoms with Crippen LogP contribution in [0.3, 0.4) is 0 Å². The molecular weight excluding hydrogens is 164 g/mol. The fraction of sp³-hybridized carbons (Fsp3) is 0.200. The van der Waals surface area contributed by atoms with E-state index in [0.29, 0.717) is 11.3 Å². The lowest BCUT2D eigenvalue weighted by Gasteiger charge is -2.01. The van der Waals surface area contributed by atoms with Crippen molar-refractivity contribution in [2.45, 2.75) is 6.92 Å². The zero-order valence-corrected chi connectivity index (χ0v) is 7.82. The van der Waals surface area contributed by atoms with Crippen LogP contribution in [0.5, 0.6) is 0 Å². The second kappa shape index (κ2) is 3.85. The van der Waals surface area contributed by atoms with E-state index in [1.54, 1.807) is 19.2 Å². The van der Waals surface area contributed by atoms with Gasteiger partial charge in [-0.25, -0.2) is 4.98 Å². The van der Waals surface area contributed by atoms with Gasteiger partial charge in [-0.3, -0.25) is 4.79 Å². The molecule has 0 amide bonds. The standard InChI is InChI=1S/C10H12N2O/c1-4-6-8-9(5-2)11-7-12(3)10(8)13/h4-7H,2H2,1,3H3/b6-4-. The van der Waals surface area contributed by atoms with Crippen molar-refractivity contribution < 1.29 is 0 Å². The van der Waals surface area contributed by atoms with E-state index in [9.17, 15) is 4.79 Å². The molecule has 0 radical (unpaired) electrons. The van der Waals surface area contributed by atoms with Crippen molar-refractivity contribution in [2.24, 2.45) is 7.05 Å². The fourth-order valence-electron chi connectivity index (χ4n) is 1.06. The van der Waals surface area contributed by atoms with E-state index in [0.717, 1.165) is 0 Å². The molecule has 0 unspecified atom stereocenters. The smallest absolute Gasteiger partial charge is 0.260 e. The van der Waals surface area contributed by atoms with Crippen molar-refractivity contribution >= 4 is 12.2 Å². The molecule has 0 aliphatic heterocycles. The topological polar surface area (TPSA) is 34.9 Å². The molecule has 1 rings (SSSR count). The van der Waals surface area contributed by atoms with E-state index >= 15 is 0 Å². The number of aromatic nitrogens is 2. The molecule has 0 aliphatic carbocycles. The molecule has 1 aromatic heterocycles. The van der Waals surface area contributed by atoms with Crippen LogP contribution in [0.2, 0.25) is 0 Å². The summed E-state index contributed by atoms with van der Waals surface area (Å²) < 4.78 is 1.45. The number of rotatable bonds is 2. The third-order valence-corrected chi connectivity index (χ3v) is 1.72. The maximum atomic E-state index is 11.6. The largest absolute Gasteiger partial charge is 0.302 e. The quantitative estimate of drug-likeness (QED) is 0.683. The average molecular weight is 176 g/mol. The number of allylic oxidation sites excluding steroid dienone is 1. The van der Waals surface area contributed by atoms with Gasteiger partial charge in [-0.15, -0.1) is 0 Å². The van der Waals surface area contributed by atoms with Crippen LogP contribution in [-0.4, -0.2) is 9.55 Å². The molecule has 0 saturated carbocycles. The Balaban J connectivity index is 3.50. The Labute approximate surface area is 77.1 Å². The van der Waals surface area contributed by atoms with Crippen LogP contribution in [0.4, 0.5) is 0 Å². The summed E-state index contributed by atoms with van der Waals surface area (Å²) in [4.78, 5) is 15.6. The Hall–Kier alpha value is -1.64. The molecule has 13 heavy (non-hydrogen) atoms. The molecule has 1 heterocycles. The molecule has 3 heteroatoms. The highest BCUT2D eigenvalue weighted by atomic mass is 16.1. The summed E-state index contributed by atoms with van der Waals surface area (Å²) in [7, 11) is 1.68. The minimum atomic E-state index is -0.0528. The van der Waals surface area contributed by atoms with Crippen molar-refractivity contribution in [1.29, 1.82) is 0 Å². The van der Waals surface area contributed by atoms with Crippen molar-refractivity contribution in [3.05, 3.63) is 40.6 Å². The SMILES string of the molecule is C=Cc1ncn(C)c(=O)c1/C=C\C. The zero-order valence-electron chi connectivity index (χ0n) is 7.82. The Morgan fingerprint density at radius 1 is 1.62 bits per heavy atom. The van der Waals surface area contributed by atoms with Gasteiger partial charge >= 0.3 is 0 Å². The summed E-state index contributed by atoms with van der Waals surface area (Å²) >= 11 is 0. The molecule has 0 fully saturated rings. The van der Waals surface area contributed by atoms with Crippen molar-refractivity contribution in [2.75, 3.05) is 0 Å². The lowest BCUT2D eigenvalue weighted by atomic mass is 10.2. The Morgan fingerprint density at radius 2 is 2.31 bits per heavy atom. The van der Waals surface area contributed by atoms with Gasteiger partial charge in [0.25, 0.3) is 5.56 Å². The third-order valence-electron chi connectivity index (χ3n) is 1.72. The predicted octanol–water partition coefficient (Wildman–Crippen LogP) is 1.46. The summed E-state index contributed by atoms with van der Waals surface area (Å²) in [5.74, 6) is 0. The van der Waals surface area contributed by atoms with Gasteiger partial charge in [-0.05, 0) is 13.0 Å². The normalized spacial score (nSPS) is 10.6. The van der Waals surface area contributed by atoms with Crippen LogP contribution in [0, 0.1) is 0 Å². The summed E-state index contributed by atoms with van der Waals surface area (Å²) in [6.45, 7) is 5.46. The lowest BCUT2D eigenvalue weighted by molar-refractivity contribution is 0.818. The molecular formula is C10H12N2O. The Bertz CT molecular complexity index is 402. The summed E-state index contributed by atoms with van der Waals surface area (Å²) in [5, 5.41) is 0. The summed E-state index contributed by atoms with van der Waals surface area (Å²) in [5.41, 5.74) is 1.16. The molecule has 3 nitrogen and oxygen atoms in total. The predicted molar refractivity (Wildman–Crippen MR) is 54.3 cm³/mol. The molecule has 0 N–H and O–H groups in total. The van der Waals surface area contributed by atoms with Gasteiger partial charge < -0.3 is 4.57 Å². The van der Waals surface area contributed by atoms with Gasteiger partial charge in [-0.2, -0.15) is 0 Å². The first-order chi connectivity index (χ1) is 6.20. The van der Waals surface area contributed by atoms with Gasteiger partial charge in [0, 0.05) is 7.05 Å². The monoisotopic (exact) mass is 176 g/mol. The number of hydrogen-bond acceptors (Lipinski definition) is 2. The zero-order chi connectivity index (χ0) is 9.84. The van der Waals surface area contributed by atoms with E-state index in [1.807, 2.05) is 13.0 Å². The van der Waals surface area contributed by atoms with Gasteiger partial charge in [0.15, 0.2) is 0 Å². The van der Waals surface area contributed by atoms with Gasteiger partial charge in [-0.1, -0.05) is 18.7 Å². The van der Waals surface area contributed by atoms with E-state index < -0.39 is 0 Å². The minimum Gasteiger partial charge on any atom is -0.302 e. The molecule has 1 aromatic rings. The Morgan fingerprint density at radius 3 is 2.85 bits per heavy atom. The van der Waals surface area contributed by atoms with Crippen LogP contribution in [0.25, 0.3) is 12.2 Å². The van der Waals surface area contributed by atoms with E-state index in [-0.39, 0.29) is 5.56 Å². The van der Waals surface area contributed by atoms with Crippen molar-refractivity contribution in [3.63, 3.8) is 0 Å². The van der Waals surface area contributed by atoms with Crippen LogP contribution in [0.1, 0.15) is 18.2 Å². The van der Waals surface area contributed by atoms with Crippen LogP contribution in [0.15, 0.2) is 23.8 Å². The summed E-state index contributed by atoms with van der Waals surface area (Å²) in [6.07, 6.45) is 6.63. The molecule has 68 valence electrons. The van der Waals surface area contributed by atoms with Crippen molar-refractivity contribution in [3.8, 4) is 0 Å². The van der Waals surface area contributed by atoms with Crippen LogP contribution in [-0.2, 0) is 7.05 Å². The van der Waals surface area contributed by atoms with E-state index in [4.69, 9.17) is 0 Å². The average Bonchev–Trinajstić information content (AvgIpc) is 2.14.